The van der Waals surface area contributed by atoms with Gasteiger partial charge in [0.2, 0.25) is 0 Å². The first-order valence-corrected chi connectivity index (χ1v) is 11.4. The van der Waals surface area contributed by atoms with Gasteiger partial charge in [-0.2, -0.15) is 0 Å². The van der Waals surface area contributed by atoms with E-state index in [2.05, 4.69) is 25.3 Å². The molecule has 4 N–H and O–H groups in total. The van der Waals surface area contributed by atoms with Gasteiger partial charge in [0.15, 0.2) is 11.6 Å². The number of aliphatic hydroxyl groups is 3. The Labute approximate surface area is 210 Å². The van der Waals surface area contributed by atoms with Gasteiger partial charge in [-0.15, -0.1) is 0 Å². The van der Waals surface area contributed by atoms with E-state index >= 15 is 0 Å². The van der Waals surface area contributed by atoms with Crippen LogP contribution in [0.3, 0.4) is 0 Å². The minimum atomic E-state index is -1.27. The zero-order valence-electron chi connectivity index (χ0n) is 19.7. The second-order valence-corrected chi connectivity index (χ2v) is 9.27. The number of fused-ring (bicyclic) bond motifs is 1. The Kier molecular flexibility index (Phi) is 7.14. The van der Waals surface area contributed by atoms with Crippen molar-refractivity contribution in [3.05, 3.63) is 76.5 Å². The van der Waals surface area contributed by atoms with Crippen molar-refractivity contribution < 1.29 is 24.1 Å². The topological polar surface area (TPSA) is 124 Å². The van der Waals surface area contributed by atoms with E-state index in [9.17, 15) is 24.1 Å². The maximum absolute atomic E-state index is 15.0. The number of nitrogens with zero attached hydrogens (tertiary/aromatic N) is 4. The Morgan fingerprint density at radius 2 is 1.75 bits per heavy atom. The summed E-state index contributed by atoms with van der Waals surface area (Å²) in [7, 11) is 0. The molecule has 8 nitrogen and oxygen atoms in total. The summed E-state index contributed by atoms with van der Waals surface area (Å²) in [6.07, 6.45) is 2.90. The van der Waals surface area contributed by atoms with Crippen LogP contribution < -0.4 is 5.32 Å². The number of anilines is 1. The molecule has 0 amide bonds. The quantitative estimate of drug-likeness (QED) is 0.285. The molecule has 3 aromatic heterocycles. The first kappa shape index (κ1) is 25.8. The van der Waals surface area contributed by atoms with Gasteiger partial charge < -0.3 is 20.6 Å². The van der Waals surface area contributed by atoms with E-state index in [4.69, 9.17) is 11.6 Å². The fraction of sp³-hybridized carbons (Fsp3) is 0.280. The van der Waals surface area contributed by atoms with Crippen molar-refractivity contribution in [1.82, 2.24) is 19.9 Å². The van der Waals surface area contributed by atoms with Gasteiger partial charge in [0.05, 0.1) is 28.9 Å². The van der Waals surface area contributed by atoms with Gasteiger partial charge in [-0.3, -0.25) is 4.98 Å². The Balaban J connectivity index is 1.76. The molecule has 4 rings (SSSR count). The van der Waals surface area contributed by atoms with Crippen molar-refractivity contribution in [3.8, 4) is 11.3 Å². The lowest BCUT2D eigenvalue weighted by molar-refractivity contribution is 0.0687. The lowest BCUT2D eigenvalue weighted by Gasteiger charge is -2.20. The summed E-state index contributed by atoms with van der Waals surface area (Å²) in [5, 5.41) is 32.5. The Bertz CT molecular complexity index is 1410. The molecule has 0 aliphatic heterocycles. The first-order valence-electron chi connectivity index (χ1n) is 11.0. The van der Waals surface area contributed by atoms with Gasteiger partial charge >= 0.3 is 0 Å². The molecule has 1 aromatic carbocycles. The van der Waals surface area contributed by atoms with Crippen LogP contribution in [-0.4, -0.2) is 41.9 Å². The molecule has 2 unspecified atom stereocenters. The molecule has 0 spiro atoms. The standard InChI is InChI=1S/C25H24ClF2N5O3/c1-12(15-6-13(20(35)11-34)4-5-17(15)27)32-22-16(26)10-29-19-7-18(28)21(33-23(19)22)14-8-30-24(31-9-14)25(2,3)36/h4-10,12,20,34-36H,11H2,1-3H3,(H,29,32). The third-order valence-electron chi connectivity index (χ3n) is 5.63. The maximum Gasteiger partial charge on any atom is 0.159 e. The molecule has 11 heteroatoms. The number of nitrogens with one attached hydrogen (secondary N) is 1. The van der Waals surface area contributed by atoms with E-state index in [1.54, 1.807) is 6.92 Å². The highest BCUT2D eigenvalue weighted by atomic mass is 35.5. The lowest BCUT2D eigenvalue weighted by atomic mass is 10.0. The summed E-state index contributed by atoms with van der Waals surface area (Å²) < 4.78 is 29.6. The SMILES string of the molecule is CC(Nc1c(Cl)cnc2cc(F)c(-c3cnc(C(C)(C)O)nc3)nc12)c1cc(C(O)CO)ccc1F. The van der Waals surface area contributed by atoms with Gasteiger partial charge in [-0.05, 0) is 38.5 Å². The predicted octanol–water partition coefficient (Wildman–Crippen LogP) is 4.44. The molecule has 36 heavy (non-hydrogen) atoms. The van der Waals surface area contributed by atoms with Crippen LogP contribution >= 0.6 is 11.6 Å². The largest absolute Gasteiger partial charge is 0.393 e. The van der Waals surface area contributed by atoms with Crippen molar-refractivity contribution in [2.45, 2.75) is 38.5 Å². The van der Waals surface area contributed by atoms with E-state index in [-0.39, 0.29) is 38.7 Å². The zero-order chi connectivity index (χ0) is 26.2. The summed E-state index contributed by atoms with van der Waals surface area (Å²) in [5.41, 5.74) is 0.292. The van der Waals surface area contributed by atoms with E-state index in [0.29, 0.717) is 11.3 Å². The van der Waals surface area contributed by atoms with Gasteiger partial charge in [0.1, 0.15) is 28.7 Å². The highest BCUT2D eigenvalue weighted by molar-refractivity contribution is 6.34. The maximum atomic E-state index is 15.0. The highest BCUT2D eigenvalue weighted by Crippen LogP contribution is 2.35. The van der Waals surface area contributed by atoms with Crippen LogP contribution in [0.25, 0.3) is 22.3 Å². The van der Waals surface area contributed by atoms with Crippen LogP contribution in [0.4, 0.5) is 14.5 Å². The molecule has 0 aliphatic rings. The van der Waals surface area contributed by atoms with E-state index in [1.165, 1.54) is 56.7 Å². The van der Waals surface area contributed by atoms with Crippen molar-refractivity contribution >= 4 is 28.3 Å². The number of aromatic nitrogens is 4. The molecule has 0 aliphatic carbocycles. The molecule has 0 fully saturated rings. The number of hydrogen-bond acceptors (Lipinski definition) is 8. The van der Waals surface area contributed by atoms with Crippen LogP contribution in [0.2, 0.25) is 5.02 Å². The molecule has 0 saturated heterocycles. The molecule has 4 aromatic rings. The van der Waals surface area contributed by atoms with Crippen LogP contribution in [0.15, 0.2) is 42.9 Å². The zero-order valence-corrected chi connectivity index (χ0v) is 20.4. The van der Waals surface area contributed by atoms with E-state index in [0.717, 1.165) is 0 Å². The molecule has 3 heterocycles. The van der Waals surface area contributed by atoms with Crippen molar-refractivity contribution in [2.75, 3.05) is 11.9 Å². The monoisotopic (exact) mass is 515 g/mol. The summed E-state index contributed by atoms with van der Waals surface area (Å²) in [5.74, 6) is -1.02. The average molecular weight is 516 g/mol. The number of halogens is 3. The predicted molar refractivity (Wildman–Crippen MR) is 131 cm³/mol. The normalized spacial score (nSPS) is 13.6. The summed E-state index contributed by atoms with van der Waals surface area (Å²) in [6.45, 7) is 4.25. The molecule has 0 radical (unpaired) electrons. The van der Waals surface area contributed by atoms with Crippen molar-refractivity contribution in [2.24, 2.45) is 0 Å². The molecule has 2 atom stereocenters. The van der Waals surface area contributed by atoms with Gasteiger partial charge in [-0.1, -0.05) is 17.7 Å². The summed E-state index contributed by atoms with van der Waals surface area (Å²) >= 11 is 6.41. The van der Waals surface area contributed by atoms with Gasteiger partial charge in [0, 0.05) is 35.8 Å². The molecular formula is C25H24ClF2N5O3. The summed E-state index contributed by atoms with van der Waals surface area (Å²) in [4.78, 5) is 16.8. The Morgan fingerprint density at radius 3 is 2.39 bits per heavy atom. The van der Waals surface area contributed by atoms with Crippen molar-refractivity contribution in [3.63, 3.8) is 0 Å². The van der Waals surface area contributed by atoms with Crippen LogP contribution in [0.1, 0.15) is 49.9 Å². The van der Waals surface area contributed by atoms with Crippen molar-refractivity contribution in [1.29, 1.82) is 0 Å². The fourth-order valence-electron chi connectivity index (χ4n) is 3.67. The van der Waals surface area contributed by atoms with Gasteiger partial charge in [0.25, 0.3) is 0 Å². The molecular weight excluding hydrogens is 492 g/mol. The van der Waals surface area contributed by atoms with Crippen LogP contribution in [-0.2, 0) is 5.60 Å². The third kappa shape index (κ3) is 5.12. The highest BCUT2D eigenvalue weighted by Gasteiger charge is 2.22. The van der Waals surface area contributed by atoms with E-state index in [1.807, 2.05) is 0 Å². The molecule has 188 valence electrons. The minimum Gasteiger partial charge on any atom is -0.393 e. The minimum absolute atomic E-state index is 0.0520. The Morgan fingerprint density at radius 1 is 1.06 bits per heavy atom. The Hall–Kier alpha value is -3.31. The second kappa shape index (κ2) is 9.98. The molecule has 0 bridgehead atoms. The average Bonchev–Trinajstić information content (AvgIpc) is 2.84. The van der Waals surface area contributed by atoms with E-state index < -0.39 is 36.0 Å². The number of hydrogen-bond donors (Lipinski definition) is 4. The van der Waals surface area contributed by atoms with Crippen LogP contribution in [0, 0.1) is 11.6 Å². The lowest BCUT2D eigenvalue weighted by Crippen LogP contribution is -2.19. The first-order chi connectivity index (χ1) is 17.0. The second-order valence-electron chi connectivity index (χ2n) is 8.87. The number of pyridine rings is 2. The van der Waals surface area contributed by atoms with Gasteiger partial charge in [-0.25, -0.2) is 23.7 Å². The number of benzene rings is 1. The summed E-state index contributed by atoms with van der Waals surface area (Å²) in [6, 6.07) is 4.60. The third-order valence-corrected chi connectivity index (χ3v) is 5.91. The fourth-order valence-corrected chi connectivity index (χ4v) is 3.87. The smallest absolute Gasteiger partial charge is 0.159 e. The van der Waals surface area contributed by atoms with Crippen LogP contribution in [0.5, 0.6) is 0 Å². The number of rotatable bonds is 7. The molecule has 0 saturated carbocycles. The number of aliphatic hydroxyl groups excluding tert-OH is 2.